The Kier molecular flexibility index (Phi) is 4.43. The molecule has 120 valence electrons. The summed E-state index contributed by atoms with van der Waals surface area (Å²) in [6, 6.07) is 8.11. The molecule has 1 aliphatic rings. The molecule has 0 radical (unpaired) electrons. The molecule has 0 aliphatic carbocycles. The number of carbonyl (C=O) groups excluding carboxylic acids is 2. The van der Waals surface area contributed by atoms with E-state index in [9.17, 15) is 9.59 Å². The molecule has 2 aromatic rings. The lowest BCUT2D eigenvalue weighted by atomic mass is 10.1. The molecule has 0 spiro atoms. The second kappa shape index (κ2) is 6.50. The standard InChI is InChI=1S/C17H19N3O2S/c1-12-3-5-13(6-4-12)10-20-11-14(9-15(20)21)16(22)18-17-19(2)7-8-23-17/h3-8,14H,9-11H2,1-2H3. The van der Waals surface area contributed by atoms with Gasteiger partial charge in [0.2, 0.25) is 5.91 Å². The number of benzene rings is 1. The van der Waals surface area contributed by atoms with Gasteiger partial charge in [0, 0.05) is 38.1 Å². The van der Waals surface area contributed by atoms with E-state index in [1.165, 1.54) is 16.9 Å². The van der Waals surface area contributed by atoms with Crippen LogP contribution in [0.25, 0.3) is 0 Å². The largest absolute Gasteiger partial charge is 0.338 e. The van der Waals surface area contributed by atoms with E-state index in [1.54, 1.807) is 4.90 Å². The van der Waals surface area contributed by atoms with Crippen LogP contribution in [0.5, 0.6) is 0 Å². The molecule has 1 fully saturated rings. The number of aryl methyl sites for hydroxylation is 2. The fraction of sp³-hybridized carbons (Fsp3) is 0.353. The third kappa shape index (κ3) is 3.59. The van der Waals surface area contributed by atoms with Gasteiger partial charge in [-0.3, -0.25) is 9.59 Å². The summed E-state index contributed by atoms with van der Waals surface area (Å²) in [6.45, 7) is 3.03. The lowest BCUT2D eigenvalue weighted by Gasteiger charge is -2.16. The molecule has 1 unspecified atom stereocenters. The molecule has 0 bridgehead atoms. The first kappa shape index (κ1) is 15.7. The van der Waals surface area contributed by atoms with Crippen molar-refractivity contribution in [1.29, 1.82) is 0 Å². The van der Waals surface area contributed by atoms with E-state index in [1.807, 2.05) is 54.4 Å². The molecule has 1 aromatic heterocycles. The number of thiazole rings is 1. The summed E-state index contributed by atoms with van der Waals surface area (Å²) in [7, 11) is 1.85. The van der Waals surface area contributed by atoms with Gasteiger partial charge in [0.15, 0.2) is 4.80 Å². The first-order valence-corrected chi connectivity index (χ1v) is 8.43. The van der Waals surface area contributed by atoms with E-state index in [0.717, 1.165) is 5.56 Å². The van der Waals surface area contributed by atoms with E-state index >= 15 is 0 Å². The number of carbonyl (C=O) groups is 2. The van der Waals surface area contributed by atoms with Crippen molar-refractivity contribution in [3.05, 3.63) is 51.8 Å². The second-order valence-electron chi connectivity index (χ2n) is 5.91. The van der Waals surface area contributed by atoms with Gasteiger partial charge in [0.1, 0.15) is 0 Å². The molecule has 3 rings (SSSR count). The predicted octanol–water partition coefficient (Wildman–Crippen LogP) is 1.87. The van der Waals surface area contributed by atoms with Crippen LogP contribution in [0.15, 0.2) is 40.8 Å². The van der Waals surface area contributed by atoms with Gasteiger partial charge in [-0.25, -0.2) is 0 Å². The zero-order valence-electron chi connectivity index (χ0n) is 13.2. The minimum atomic E-state index is -0.338. The fourth-order valence-electron chi connectivity index (χ4n) is 2.62. The second-order valence-corrected chi connectivity index (χ2v) is 6.78. The summed E-state index contributed by atoms with van der Waals surface area (Å²) in [4.78, 5) is 31.0. The highest BCUT2D eigenvalue weighted by atomic mass is 32.1. The molecule has 2 amide bonds. The van der Waals surface area contributed by atoms with Crippen molar-refractivity contribution in [3.8, 4) is 0 Å². The number of hydrogen-bond donors (Lipinski definition) is 0. The molecule has 2 heterocycles. The van der Waals surface area contributed by atoms with Crippen LogP contribution in [0.3, 0.4) is 0 Å². The molecule has 6 heteroatoms. The Morgan fingerprint density at radius 2 is 2.09 bits per heavy atom. The number of rotatable bonds is 3. The van der Waals surface area contributed by atoms with Crippen molar-refractivity contribution in [2.45, 2.75) is 19.9 Å². The Bertz CT molecular complexity index is 789. The van der Waals surface area contributed by atoms with Crippen LogP contribution < -0.4 is 4.80 Å². The number of hydrogen-bond acceptors (Lipinski definition) is 3. The van der Waals surface area contributed by atoms with Gasteiger partial charge >= 0.3 is 0 Å². The SMILES string of the molecule is Cc1ccc(CN2CC(C(=O)N=c3sccn3C)CC2=O)cc1. The van der Waals surface area contributed by atoms with Gasteiger partial charge in [-0.15, -0.1) is 11.3 Å². The Morgan fingerprint density at radius 3 is 2.74 bits per heavy atom. The molecule has 23 heavy (non-hydrogen) atoms. The van der Waals surface area contributed by atoms with Crippen molar-refractivity contribution in [1.82, 2.24) is 9.47 Å². The molecule has 0 saturated carbocycles. The van der Waals surface area contributed by atoms with Crippen molar-refractivity contribution >= 4 is 23.2 Å². The van der Waals surface area contributed by atoms with E-state index in [2.05, 4.69) is 4.99 Å². The van der Waals surface area contributed by atoms with Crippen LogP contribution in [0.2, 0.25) is 0 Å². The molecular weight excluding hydrogens is 310 g/mol. The Hall–Kier alpha value is -2.21. The average Bonchev–Trinajstić information content (AvgIpc) is 3.09. The highest BCUT2D eigenvalue weighted by Crippen LogP contribution is 2.21. The minimum Gasteiger partial charge on any atom is -0.338 e. The van der Waals surface area contributed by atoms with Gasteiger partial charge in [-0.05, 0) is 12.5 Å². The maximum atomic E-state index is 12.3. The van der Waals surface area contributed by atoms with Crippen LogP contribution in [0.1, 0.15) is 17.5 Å². The molecule has 1 aromatic carbocycles. The van der Waals surface area contributed by atoms with Crippen LogP contribution >= 0.6 is 11.3 Å². The minimum absolute atomic E-state index is 0.0229. The lowest BCUT2D eigenvalue weighted by molar-refractivity contribution is -0.128. The van der Waals surface area contributed by atoms with Crippen molar-refractivity contribution in [3.63, 3.8) is 0 Å². The van der Waals surface area contributed by atoms with Crippen LogP contribution in [-0.2, 0) is 23.2 Å². The molecule has 1 atom stereocenters. The zero-order valence-corrected chi connectivity index (χ0v) is 14.0. The van der Waals surface area contributed by atoms with Crippen LogP contribution in [-0.4, -0.2) is 27.8 Å². The zero-order chi connectivity index (χ0) is 16.4. The maximum absolute atomic E-state index is 12.3. The molecule has 5 nitrogen and oxygen atoms in total. The molecule has 0 N–H and O–H groups in total. The maximum Gasteiger partial charge on any atom is 0.253 e. The van der Waals surface area contributed by atoms with Gasteiger partial charge in [0.05, 0.1) is 5.92 Å². The highest BCUT2D eigenvalue weighted by molar-refractivity contribution is 7.07. The van der Waals surface area contributed by atoms with Crippen LogP contribution in [0, 0.1) is 12.8 Å². The fourth-order valence-corrected chi connectivity index (χ4v) is 3.36. The summed E-state index contributed by atoms with van der Waals surface area (Å²) in [6.07, 6.45) is 2.11. The summed E-state index contributed by atoms with van der Waals surface area (Å²) in [5, 5.41) is 1.88. The van der Waals surface area contributed by atoms with Crippen molar-refractivity contribution < 1.29 is 9.59 Å². The quantitative estimate of drug-likeness (QED) is 0.863. The van der Waals surface area contributed by atoms with Crippen molar-refractivity contribution in [2.24, 2.45) is 18.0 Å². The number of aromatic nitrogens is 1. The van der Waals surface area contributed by atoms with Gasteiger partial charge in [-0.1, -0.05) is 29.8 Å². The molecular formula is C17H19N3O2S. The average molecular weight is 329 g/mol. The first-order chi connectivity index (χ1) is 11.0. The third-order valence-electron chi connectivity index (χ3n) is 4.02. The Labute approximate surface area is 138 Å². The summed E-state index contributed by atoms with van der Waals surface area (Å²) < 4.78 is 1.81. The van der Waals surface area contributed by atoms with Crippen LogP contribution in [0.4, 0.5) is 0 Å². The summed E-state index contributed by atoms with van der Waals surface area (Å²) in [5.74, 6) is -0.521. The third-order valence-corrected chi connectivity index (χ3v) is 4.87. The van der Waals surface area contributed by atoms with E-state index < -0.39 is 0 Å². The van der Waals surface area contributed by atoms with Gasteiger partial charge in [0.25, 0.3) is 5.91 Å². The smallest absolute Gasteiger partial charge is 0.253 e. The monoisotopic (exact) mass is 329 g/mol. The van der Waals surface area contributed by atoms with E-state index in [4.69, 9.17) is 0 Å². The first-order valence-electron chi connectivity index (χ1n) is 7.55. The molecule has 1 aliphatic heterocycles. The normalized spacial score (nSPS) is 18.7. The number of nitrogens with zero attached hydrogens (tertiary/aromatic N) is 3. The van der Waals surface area contributed by atoms with Crippen molar-refractivity contribution in [2.75, 3.05) is 6.54 Å². The highest BCUT2D eigenvalue weighted by Gasteiger charge is 2.34. The van der Waals surface area contributed by atoms with E-state index in [-0.39, 0.29) is 24.2 Å². The topological polar surface area (TPSA) is 54.7 Å². The Balaban J connectivity index is 1.69. The van der Waals surface area contributed by atoms with Gasteiger partial charge < -0.3 is 9.47 Å². The Morgan fingerprint density at radius 1 is 1.35 bits per heavy atom. The number of amides is 2. The summed E-state index contributed by atoms with van der Waals surface area (Å²) in [5.41, 5.74) is 2.27. The summed E-state index contributed by atoms with van der Waals surface area (Å²) >= 11 is 1.42. The van der Waals surface area contributed by atoms with Gasteiger partial charge in [-0.2, -0.15) is 4.99 Å². The number of likely N-dealkylation sites (tertiary alicyclic amines) is 1. The predicted molar refractivity (Wildman–Crippen MR) is 88.6 cm³/mol. The lowest BCUT2D eigenvalue weighted by Crippen LogP contribution is -2.26. The molecule has 1 saturated heterocycles. The van der Waals surface area contributed by atoms with E-state index in [0.29, 0.717) is 17.9 Å².